The van der Waals surface area contributed by atoms with Crippen molar-refractivity contribution >= 4 is 26.7 Å². The highest BCUT2D eigenvalue weighted by molar-refractivity contribution is 7.91. The summed E-state index contributed by atoms with van der Waals surface area (Å²) in [6.07, 6.45) is 4.88. The van der Waals surface area contributed by atoms with Gasteiger partial charge in [-0.3, -0.25) is 0 Å². The highest BCUT2D eigenvalue weighted by Crippen LogP contribution is 2.36. The number of aromatic nitrogens is 3. The minimum atomic E-state index is -3.47. The highest BCUT2D eigenvalue weighted by Gasteiger charge is 2.36. The lowest BCUT2D eigenvalue weighted by molar-refractivity contribution is 0.282. The smallest absolute Gasteiger partial charge is 0.178 e. The number of rotatable bonds is 5. The zero-order valence-corrected chi connectivity index (χ0v) is 15.1. The summed E-state index contributed by atoms with van der Waals surface area (Å²) in [4.78, 5) is 13.8. The van der Waals surface area contributed by atoms with Crippen molar-refractivity contribution < 1.29 is 12.8 Å². The first-order chi connectivity index (χ1) is 12.4. The van der Waals surface area contributed by atoms with Crippen LogP contribution in [0.3, 0.4) is 0 Å². The highest BCUT2D eigenvalue weighted by atomic mass is 32.2. The molecule has 1 fully saturated rings. The molecule has 26 heavy (non-hydrogen) atoms. The predicted octanol–water partition coefficient (Wildman–Crippen LogP) is 2.79. The fraction of sp³-hybridized carbons (Fsp3) is 0.333. The average Bonchev–Trinajstić information content (AvgIpc) is 3.06. The number of halogens is 1. The third kappa shape index (κ3) is 3.05. The van der Waals surface area contributed by atoms with Crippen molar-refractivity contribution in [3.05, 3.63) is 48.7 Å². The molecule has 2 heterocycles. The summed E-state index contributed by atoms with van der Waals surface area (Å²) in [5.41, 5.74) is 0.784. The van der Waals surface area contributed by atoms with Crippen LogP contribution in [0.1, 0.15) is 12.8 Å². The van der Waals surface area contributed by atoms with E-state index in [9.17, 15) is 12.8 Å². The lowest BCUT2D eigenvalue weighted by Gasteiger charge is -2.41. The first kappa shape index (κ1) is 17.0. The van der Waals surface area contributed by atoms with Crippen LogP contribution in [0.15, 0.2) is 47.8 Å². The number of hydrogen-bond acceptors (Lipinski definition) is 5. The number of benzene rings is 1. The molecule has 0 atom stereocenters. The number of fused-ring (bicyclic) bond motifs is 1. The quantitative estimate of drug-likeness (QED) is 0.743. The van der Waals surface area contributed by atoms with Gasteiger partial charge in [0.05, 0.1) is 16.0 Å². The van der Waals surface area contributed by atoms with E-state index in [0.717, 1.165) is 35.8 Å². The maximum absolute atomic E-state index is 13.3. The van der Waals surface area contributed by atoms with Gasteiger partial charge in [-0.1, -0.05) is 6.07 Å². The van der Waals surface area contributed by atoms with Crippen LogP contribution in [-0.2, 0) is 9.84 Å². The Kier molecular flexibility index (Phi) is 4.14. The third-order valence-corrected chi connectivity index (χ3v) is 6.92. The molecule has 6 nitrogen and oxygen atoms in total. The molecule has 0 radical (unpaired) electrons. The molecule has 8 heteroatoms. The topological polar surface area (TPSA) is 79.0 Å². The molecule has 1 aromatic carbocycles. The third-order valence-electron chi connectivity index (χ3n) is 5.04. The molecule has 3 aromatic rings. The summed E-state index contributed by atoms with van der Waals surface area (Å²) in [6.45, 7) is 0. The Morgan fingerprint density at radius 1 is 1.27 bits per heavy atom. The van der Waals surface area contributed by atoms with Crippen molar-refractivity contribution in [2.24, 2.45) is 5.92 Å². The van der Waals surface area contributed by atoms with E-state index >= 15 is 0 Å². The second kappa shape index (κ2) is 6.35. The van der Waals surface area contributed by atoms with Gasteiger partial charge in [-0.15, -0.1) is 0 Å². The molecule has 2 aromatic heterocycles. The van der Waals surface area contributed by atoms with Gasteiger partial charge in [-0.25, -0.2) is 22.8 Å². The van der Waals surface area contributed by atoms with Crippen molar-refractivity contribution in [1.82, 2.24) is 15.0 Å². The summed E-state index contributed by atoms with van der Waals surface area (Å²) in [5, 5.41) is 0.950. The van der Waals surface area contributed by atoms with Gasteiger partial charge in [0, 0.05) is 19.3 Å². The molecule has 1 aliphatic rings. The molecule has 0 unspecified atom stereocenters. The standard InChI is InChI=1S/C18H19FN4O2S/c1-23(18-16-5-6-20-17(16)21-11-22-18)14-7-12(8-14)10-26(24,25)15-4-2-3-13(19)9-15/h2-6,9,11-12,14H,7-8,10H2,1H3,(H,20,21,22). The maximum atomic E-state index is 13.3. The molecule has 0 saturated heterocycles. The van der Waals surface area contributed by atoms with Gasteiger partial charge in [0.2, 0.25) is 0 Å². The molecule has 4 rings (SSSR count). The number of nitrogens with zero attached hydrogens (tertiary/aromatic N) is 3. The van der Waals surface area contributed by atoms with Crippen molar-refractivity contribution in [3.8, 4) is 0 Å². The summed E-state index contributed by atoms with van der Waals surface area (Å²) < 4.78 is 38.2. The zero-order chi connectivity index (χ0) is 18.3. The van der Waals surface area contributed by atoms with Crippen LogP contribution in [0, 0.1) is 11.7 Å². The second-order valence-electron chi connectivity index (χ2n) is 6.78. The van der Waals surface area contributed by atoms with Crippen molar-refractivity contribution in [2.75, 3.05) is 17.7 Å². The minimum absolute atomic E-state index is 0.0458. The largest absolute Gasteiger partial charge is 0.356 e. The summed E-state index contributed by atoms with van der Waals surface area (Å²) in [7, 11) is -1.50. The van der Waals surface area contributed by atoms with E-state index in [1.807, 2.05) is 19.3 Å². The molecule has 0 bridgehead atoms. The lowest BCUT2D eigenvalue weighted by Crippen LogP contribution is -2.45. The van der Waals surface area contributed by atoms with Crippen molar-refractivity contribution in [3.63, 3.8) is 0 Å². The Balaban J connectivity index is 1.43. The molecular weight excluding hydrogens is 355 g/mol. The summed E-state index contributed by atoms with van der Waals surface area (Å²) in [6, 6.07) is 7.38. The van der Waals surface area contributed by atoms with Crippen LogP contribution in [0.4, 0.5) is 10.2 Å². The SMILES string of the molecule is CN(c1ncnc2[nH]ccc12)C1CC(CS(=O)(=O)c2cccc(F)c2)C1. The molecule has 1 saturated carbocycles. The first-order valence-electron chi connectivity index (χ1n) is 8.43. The number of nitrogens with one attached hydrogen (secondary N) is 1. The molecule has 0 amide bonds. The van der Waals surface area contributed by atoms with Gasteiger partial charge in [0.15, 0.2) is 9.84 Å². The molecule has 1 aliphatic carbocycles. The van der Waals surface area contributed by atoms with Gasteiger partial charge in [0.1, 0.15) is 23.6 Å². The number of anilines is 1. The Bertz CT molecular complexity index is 1040. The van der Waals surface area contributed by atoms with Crippen molar-refractivity contribution in [2.45, 2.75) is 23.8 Å². The molecule has 0 aliphatic heterocycles. The molecule has 136 valence electrons. The lowest BCUT2D eigenvalue weighted by atomic mass is 9.81. The van der Waals surface area contributed by atoms with Gasteiger partial charge >= 0.3 is 0 Å². The predicted molar refractivity (Wildman–Crippen MR) is 97.3 cm³/mol. The Hall–Kier alpha value is -2.48. The van der Waals surface area contributed by atoms with Gasteiger partial charge < -0.3 is 9.88 Å². The van der Waals surface area contributed by atoms with E-state index in [2.05, 4.69) is 19.9 Å². The van der Waals surface area contributed by atoms with Crippen LogP contribution in [0.25, 0.3) is 11.0 Å². The van der Waals surface area contributed by atoms with E-state index in [0.29, 0.717) is 0 Å². The van der Waals surface area contributed by atoms with Crippen LogP contribution < -0.4 is 4.90 Å². The van der Waals surface area contributed by atoms with E-state index in [1.165, 1.54) is 24.5 Å². The zero-order valence-electron chi connectivity index (χ0n) is 14.3. The molecular formula is C18H19FN4O2S. The summed E-state index contributed by atoms with van der Waals surface area (Å²) >= 11 is 0. The Labute approximate surface area is 151 Å². The monoisotopic (exact) mass is 374 g/mol. The van der Waals surface area contributed by atoms with E-state index in [-0.39, 0.29) is 22.6 Å². The number of H-pyrrole nitrogens is 1. The van der Waals surface area contributed by atoms with Crippen LogP contribution in [0.2, 0.25) is 0 Å². The maximum Gasteiger partial charge on any atom is 0.178 e. The second-order valence-corrected chi connectivity index (χ2v) is 8.81. The number of aromatic amines is 1. The fourth-order valence-electron chi connectivity index (χ4n) is 3.53. The Morgan fingerprint density at radius 2 is 2.08 bits per heavy atom. The van der Waals surface area contributed by atoms with E-state index in [4.69, 9.17) is 0 Å². The summed E-state index contributed by atoms with van der Waals surface area (Å²) in [5.74, 6) is 0.424. The minimum Gasteiger partial charge on any atom is -0.356 e. The molecule has 1 N–H and O–H groups in total. The van der Waals surface area contributed by atoms with Crippen LogP contribution in [0.5, 0.6) is 0 Å². The van der Waals surface area contributed by atoms with E-state index < -0.39 is 15.7 Å². The first-order valence-corrected chi connectivity index (χ1v) is 10.1. The fourth-order valence-corrected chi connectivity index (χ4v) is 5.20. The Morgan fingerprint density at radius 3 is 2.85 bits per heavy atom. The normalized spacial score (nSPS) is 20.1. The van der Waals surface area contributed by atoms with Crippen LogP contribution in [-0.4, -0.2) is 42.2 Å². The van der Waals surface area contributed by atoms with E-state index in [1.54, 1.807) is 0 Å². The van der Waals surface area contributed by atoms with Gasteiger partial charge in [0.25, 0.3) is 0 Å². The van der Waals surface area contributed by atoms with Crippen molar-refractivity contribution in [1.29, 1.82) is 0 Å². The average molecular weight is 374 g/mol. The van der Waals surface area contributed by atoms with Gasteiger partial charge in [-0.05, 0) is 43.0 Å². The number of hydrogen-bond donors (Lipinski definition) is 1. The number of sulfone groups is 1. The van der Waals surface area contributed by atoms with Crippen LogP contribution >= 0.6 is 0 Å². The van der Waals surface area contributed by atoms with Gasteiger partial charge in [-0.2, -0.15) is 0 Å². The molecule has 0 spiro atoms.